The predicted molar refractivity (Wildman–Crippen MR) is 153 cm³/mol. The van der Waals surface area contributed by atoms with E-state index in [4.69, 9.17) is 4.74 Å². The molecule has 0 aliphatic carbocycles. The zero-order valence-corrected chi connectivity index (χ0v) is 24.4. The second-order valence-electron chi connectivity index (χ2n) is 9.85. The Morgan fingerprint density at radius 1 is 1.03 bits per heavy atom. The van der Waals surface area contributed by atoms with Crippen molar-refractivity contribution in [2.24, 2.45) is 5.92 Å². The molecule has 0 radical (unpaired) electrons. The van der Waals surface area contributed by atoms with E-state index in [2.05, 4.69) is 5.32 Å². The van der Waals surface area contributed by atoms with E-state index in [1.165, 1.54) is 4.31 Å². The number of amides is 2. The van der Waals surface area contributed by atoms with Gasteiger partial charge in [-0.3, -0.25) is 13.9 Å². The summed E-state index contributed by atoms with van der Waals surface area (Å²) in [4.78, 5) is 28.3. The lowest BCUT2D eigenvalue weighted by atomic mass is 10.0. The molecule has 0 aliphatic rings. The van der Waals surface area contributed by atoms with Crippen LogP contribution in [-0.4, -0.2) is 57.1 Å². The Balaban J connectivity index is 2.26. The van der Waals surface area contributed by atoms with E-state index in [1.54, 1.807) is 29.2 Å². The average molecular weight is 546 g/mol. The maximum absolute atomic E-state index is 13.6. The molecular weight excluding hydrogens is 502 g/mol. The molecule has 2 rings (SSSR count). The number of hydrogen-bond acceptors (Lipinski definition) is 5. The molecule has 8 nitrogen and oxygen atoms in total. The molecule has 0 unspecified atom stereocenters. The summed E-state index contributed by atoms with van der Waals surface area (Å²) in [5, 5.41) is 2.97. The van der Waals surface area contributed by atoms with Gasteiger partial charge in [-0.05, 0) is 55.9 Å². The topological polar surface area (TPSA) is 96.0 Å². The highest BCUT2D eigenvalue weighted by Gasteiger charge is 2.29. The van der Waals surface area contributed by atoms with Gasteiger partial charge in [0.15, 0.2) is 0 Å². The summed E-state index contributed by atoms with van der Waals surface area (Å²) in [5.41, 5.74) is 2.46. The molecule has 0 saturated carbocycles. The minimum absolute atomic E-state index is 0.0999. The van der Waals surface area contributed by atoms with Crippen LogP contribution >= 0.6 is 0 Å². The number of nitrogens with zero attached hydrogens (tertiary/aromatic N) is 2. The van der Waals surface area contributed by atoms with E-state index in [1.807, 2.05) is 58.9 Å². The van der Waals surface area contributed by atoms with Crippen molar-refractivity contribution >= 4 is 27.5 Å². The maximum atomic E-state index is 13.6. The van der Waals surface area contributed by atoms with Crippen molar-refractivity contribution in [1.82, 2.24) is 10.2 Å². The molecule has 210 valence electrons. The summed E-state index contributed by atoms with van der Waals surface area (Å²) in [6.45, 7) is 11.1. The van der Waals surface area contributed by atoms with Crippen LogP contribution < -0.4 is 14.4 Å². The lowest BCUT2D eigenvalue weighted by Gasteiger charge is -2.32. The summed E-state index contributed by atoms with van der Waals surface area (Å²) in [5.74, 6) is 0.400. The number of rotatable bonds is 15. The number of benzene rings is 2. The fourth-order valence-electron chi connectivity index (χ4n) is 4.24. The van der Waals surface area contributed by atoms with Crippen LogP contribution in [0.3, 0.4) is 0 Å². The minimum Gasteiger partial charge on any atom is -0.492 e. The predicted octanol–water partition coefficient (Wildman–Crippen LogP) is 4.52. The molecule has 9 heteroatoms. The first kappa shape index (κ1) is 31.1. The number of aryl methyl sites for hydroxylation is 1. The van der Waals surface area contributed by atoms with Crippen LogP contribution in [0.1, 0.15) is 58.1 Å². The van der Waals surface area contributed by atoms with Gasteiger partial charge in [-0.25, -0.2) is 8.42 Å². The zero-order valence-electron chi connectivity index (χ0n) is 23.6. The summed E-state index contributed by atoms with van der Waals surface area (Å²) in [6, 6.07) is 14.2. The van der Waals surface area contributed by atoms with E-state index >= 15 is 0 Å². The second-order valence-corrected chi connectivity index (χ2v) is 11.8. The van der Waals surface area contributed by atoms with Crippen LogP contribution in [0.2, 0.25) is 0 Å². The third kappa shape index (κ3) is 9.04. The molecule has 38 heavy (non-hydrogen) atoms. The first-order valence-corrected chi connectivity index (χ1v) is 15.2. The summed E-state index contributed by atoms with van der Waals surface area (Å²) in [7, 11) is -3.62. The number of nitrogens with one attached hydrogen (secondary N) is 1. The van der Waals surface area contributed by atoms with Gasteiger partial charge in [0.2, 0.25) is 21.8 Å². The van der Waals surface area contributed by atoms with Crippen LogP contribution in [0.15, 0.2) is 48.5 Å². The second kappa shape index (κ2) is 14.8. The van der Waals surface area contributed by atoms with Crippen LogP contribution in [0.4, 0.5) is 5.69 Å². The van der Waals surface area contributed by atoms with Crippen LogP contribution in [0, 0.1) is 12.8 Å². The van der Waals surface area contributed by atoms with E-state index in [0.717, 1.165) is 17.4 Å². The molecule has 1 N–H and O–H groups in total. The highest BCUT2D eigenvalue weighted by Crippen LogP contribution is 2.30. The van der Waals surface area contributed by atoms with Crippen molar-refractivity contribution in [2.45, 2.75) is 66.5 Å². The van der Waals surface area contributed by atoms with Gasteiger partial charge in [0, 0.05) is 26.1 Å². The van der Waals surface area contributed by atoms with E-state index in [0.29, 0.717) is 49.9 Å². The fourth-order valence-corrected chi connectivity index (χ4v) is 5.21. The van der Waals surface area contributed by atoms with Crippen molar-refractivity contribution in [2.75, 3.05) is 30.3 Å². The number of sulfonamides is 1. The quantitative estimate of drug-likeness (QED) is 0.355. The molecule has 0 saturated heterocycles. The number of carbonyl (C=O) groups is 2. The molecular formula is C29H43N3O5S. The molecule has 2 amide bonds. The Morgan fingerprint density at radius 2 is 1.68 bits per heavy atom. The number of ether oxygens (including phenoxy) is 1. The third-order valence-electron chi connectivity index (χ3n) is 6.26. The summed E-state index contributed by atoms with van der Waals surface area (Å²) < 4.78 is 32.3. The lowest BCUT2D eigenvalue weighted by molar-refractivity contribution is -0.141. The standard InChI is InChI=1S/C29H43N3O5S/c1-7-25(29(34)30-20-22(3)4)31(21-24-15-10-9-14-23(24)5)28(33)18-13-19-32(38(6,35)36)26-16-11-12-17-27(26)37-8-2/h9-12,14-17,22,25H,7-8,13,18-21H2,1-6H3,(H,30,34)/t25-/m1/s1. The van der Waals surface area contributed by atoms with Crippen molar-refractivity contribution in [3.63, 3.8) is 0 Å². The van der Waals surface area contributed by atoms with Gasteiger partial charge in [-0.15, -0.1) is 0 Å². The Bertz CT molecular complexity index is 1170. The van der Waals surface area contributed by atoms with Crippen molar-refractivity contribution in [3.05, 3.63) is 59.7 Å². The molecule has 0 aromatic heterocycles. The van der Waals surface area contributed by atoms with Crippen LogP contribution in [0.25, 0.3) is 0 Å². The molecule has 0 bridgehead atoms. The summed E-state index contributed by atoms with van der Waals surface area (Å²) >= 11 is 0. The van der Waals surface area contributed by atoms with Gasteiger partial charge in [0.1, 0.15) is 11.8 Å². The SMILES string of the molecule is CCOc1ccccc1N(CCCC(=O)N(Cc1ccccc1C)[C@H](CC)C(=O)NCC(C)C)S(C)(=O)=O. The molecule has 2 aromatic carbocycles. The molecule has 0 heterocycles. The monoisotopic (exact) mass is 545 g/mol. The highest BCUT2D eigenvalue weighted by atomic mass is 32.2. The van der Waals surface area contributed by atoms with E-state index < -0.39 is 16.1 Å². The Labute approximate surface area is 228 Å². The van der Waals surface area contributed by atoms with Crippen LogP contribution in [-0.2, 0) is 26.2 Å². The van der Waals surface area contributed by atoms with Crippen molar-refractivity contribution < 1.29 is 22.7 Å². The Morgan fingerprint density at radius 3 is 2.29 bits per heavy atom. The molecule has 1 atom stereocenters. The van der Waals surface area contributed by atoms with Gasteiger partial charge < -0.3 is 15.0 Å². The number of anilines is 1. The van der Waals surface area contributed by atoms with Gasteiger partial charge in [0.25, 0.3) is 0 Å². The minimum atomic E-state index is -3.62. The highest BCUT2D eigenvalue weighted by molar-refractivity contribution is 7.92. The van der Waals surface area contributed by atoms with Crippen LogP contribution in [0.5, 0.6) is 5.75 Å². The molecule has 2 aromatic rings. The number of hydrogen-bond donors (Lipinski definition) is 1. The maximum Gasteiger partial charge on any atom is 0.242 e. The average Bonchev–Trinajstić information content (AvgIpc) is 2.86. The lowest BCUT2D eigenvalue weighted by Crippen LogP contribution is -2.49. The summed E-state index contributed by atoms with van der Waals surface area (Å²) in [6.07, 6.45) is 2.01. The van der Waals surface area contributed by atoms with Crippen molar-refractivity contribution in [3.8, 4) is 5.75 Å². The van der Waals surface area contributed by atoms with Crippen molar-refractivity contribution in [1.29, 1.82) is 0 Å². The fraction of sp³-hybridized carbons (Fsp3) is 0.517. The van der Waals surface area contributed by atoms with E-state index in [9.17, 15) is 18.0 Å². The number of para-hydroxylation sites is 2. The third-order valence-corrected chi connectivity index (χ3v) is 7.44. The first-order chi connectivity index (χ1) is 18.0. The normalized spacial score (nSPS) is 12.2. The van der Waals surface area contributed by atoms with Gasteiger partial charge >= 0.3 is 0 Å². The smallest absolute Gasteiger partial charge is 0.242 e. The van der Waals surface area contributed by atoms with E-state index in [-0.39, 0.29) is 24.8 Å². The van der Waals surface area contributed by atoms with Gasteiger partial charge in [0.05, 0.1) is 18.6 Å². The molecule has 0 spiro atoms. The Kier molecular flexibility index (Phi) is 12.1. The zero-order chi connectivity index (χ0) is 28.3. The molecule has 0 fully saturated rings. The largest absolute Gasteiger partial charge is 0.492 e. The van der Waals surface area contributed by atoms with Gasteiger partial charge in [-0.2, -0.15) is 0 Å². The van der Waals surface area contributed by atoms with Gasteiger partial charge in [-0.1, -0.05) is 57.2 Å². The first-order valence-electron chi connectivity index (χ1n) is 13.3. The number of carbonyl (C=O) groups excluding carboxylic acids is 2. The molecule has 0 aliphatic heterocycles. The Hall–Kier alpha value is -3.07.